The van der Waals surface area contributed by atoms with Gasteiger partial charge in [-0.05, 0) is 18.9 Å². The minimum atomic E-state index is -0.406. The first-order valence-electron chi connectivity index (χ1n) is 6.52. The fourth-order valence-corrected chi connectivity index (χ4v) is 2.31. The molecule has 0 N–H and O–H groups in total. The quantitative estimate of drug-likeness (QED) is 0.851. The molecule has 0 saturated heterocycles. The molecule has 0 aliphatic carbocycles. The van der Waals surface area contributed by atoms with E-state index in [0.29, 0.717) is 6.04 Å². The molecule has 0 bridgehead atoms. The fourth-order valence-electron chi connectivity index (χ4n) is 2.04. The van der Waals surface area contributed by atoms with Crippen molar-refractivity contribution in [2.24, 2.45) is 0 Å². The largest absolute Gasteiger partial charge is 0.287 e. The maximum atomic E-state index is 11.9. The van der Waals surface area contributed by atoms with Crippen LogP contribution in [-0.2, 0) is 6.54 Å². The van der Waals surface area contributed by atoms with E-state index in [-0.39, 0.29) is 16.6 Å². The lowest BCUT2D eigenvalue weighted by Crippen LogP contribution is -2.24. The van der Waals surface area contributed by atoms with Crippen molar-refractivity contribution in [2.75, 3.05) is 0 Å². The van der Waals surface area contributed by atoms with E-state index in [2.05, 4.69) is 24.0 Å². The Morgan fingerprint density at radius 2 is 2.00 bits per heavy atom. The van der Waals surface area contributed by atoms with Crippen LogP contribution >= 0.6 is 23.2 Å². The Hall–Kier alpha value is -1.33. The Balaban J connectivity index is 2.23. The molecule has 2 heterocycles. The highest BCUT2D eigenvalue weighted by molar-refractivity contribution is 6.41. The van der Waals surface area contributed by atoms with E-state index in [1.54, 1.807) is 0 Å². The zero-order chi connectivity index (χ0) is 14.7. The maximum absolute atomic E-state index is 11.9. The van der Waals surface area contributed by atoms with Crippen molar-refractivity contribution in [1.29, 1.82) is 0 Å². The summed E-state index contributed by atoms with van der Waals surface area (Å²) < 4.78 is 3.19. The van der Waals surface area contributed by atoms with Gasteiger partial charge in [-0.3, -0.25) is 9.48 Å². The minimum absolute atomic E-state index is 0.0129. The maximum Gasteiger partial charge on any atom is 0.287 e. The van der Waals surface area contributed by atoms with Crippen LogP contribution in [0.1, 0.15) is 38.4 Å². The molecule has 0 radical (unpaired) electrons. The Bertz CT molecular complexity index is 646. The van der Waals surface area contributed by atoms with E-state index >= 15 is 0 Å². The van der Waals surface area contributed by atoms with Gasteiger partial charge >= 0.3 is 0 Å². The van der Waals surface area contributed by atoms with Gasteiger partial charge in [-0.1, -0.05) is 37.0 Å². The van der Waals surface area contributed by atoms with E-state index in [1.807, 2.05) is 16.9 Å². The molecule has 0 unspecified atom stereocenters. The van der Waals surface area contributed by atoms with Gasteiger partial charge in [0.05, 0.1) is 29.5 Å². The first-order valence-corrected chi connectivity index (χ1v) is 7.27. The summed E-state index contributed by atoms with van der Waals surface area (Å²) in [5.74, 6) is 0. The average Bonchev–Trinajstić information content (AvgIpc) is 2.89. The molecule has 0 fully saturated rings. The highest BCUT2D eigenvalue weighted by atomic mass is 35.5. The molecule has 0 saturated carbocycles. The first kappa shape index (κ1) is 15.1. The summed E-state index contributed by atoms with van der Waals surface area (Å²) in [6, 6.07) is 2.26. The van der Waals surface area contributed by atoms with Crippen LogP contribution in [0.25, 0.3) is 0 Å². The standard InChI is InChI=1S/C13H16Cl2N4O/c1-3-10(4-2)18-6-5-9(17-18)8-19-13(20)12(15)11(14)7-16-19/h5-7,10H,3-4,8H2,1-2H3. The van der Waals surface area contributed by atoms with E-state index < -0.39 is 5.56 Å². The second kappa shape index (κ2) is 6.41. The highest BCUT2D eigenvalue weighted by Crippen LogP contribution is 2.16. The molecule has 7 heteroatoms. The molecule has 2 rings (SSSR count). The molecule has 0 atom stereocenters. The predicted octanol–water partition coefficient (Wildman–Crippen LogP) is 3.16. The molecule has 5 nitrogen and oxygen atoms in total. The van der Waals surface area contributed by atoms with Gasteiger partial charge < -0.3 is 0 Å². The molecule has 0 aliphatic heterocycles. The van der Waals surface area contributed by atoms with Crippen molar-refractivity contribution in [3.05, 3.63) is 44.6 Å². The van der Waals surface area contributed by atoms with E-state index in [4.69, 9.17) is 23.2 Å². The van der Waals surface area contributed by atoms with Crippen LogP contribution in [0.4, 0.5) is 0 Å². The summed E-state index contributed by atoms with van der Waals surface area (Å²) in [5, 5.41) is 8.60. The van der Waals surface area contributed by atoms with Gasteiger partial charge in [-0.25, -0.2) is 4.68 Å². The van der Waals surface area contributed by atoms with Gasteiger partial charge in [0, 0.05) is 6.20 Å². The molecule has 108 valence electrons. The molecule has 0 spiro atoms. The van der Waals surface area contributed by atoms with Crippen molar-refractivity contribution in [1.82, 2.24) is 19.6 Å². The summed E-state index contributed by atoms with van der Waals surface area (Å²) in [5.41, 5.74) is 0.362. The molecular formula is C13H16Cl2N4O. The second-order valence-corrected chi connectivity index (χ2v) is 5.31. The fraction of sp³-hybridized carbons (Fsp3) is 0.462. The lowest BCUT2D eigenvalue weighted by Gasteiger charge is -2.12. The van der Waals surface area contributed by atoms with E-state index in [0.717, 1.165) is 18.5 Å². The normalized spacial score (nSPS) is 11.2. The minimum Gasteiger partial charge on any atom is -0.269 e. The van der Waals surface area contributed by atoms with Crippen molar-refractivity contribution < 1.29 is 0 Å². The van der Waals surface area contributed by atoms with Crippen LogP contribution in [0.2, 0.25) is 10.0 Å². The van der Waals surface area contributed by atoms with Crippen LogP contribution in [-0.4, -0.2) is 19.6 Å². The van der Waals surface area contributed by atoms with Crippen LogP contribution in [0.5, 0.6) is 0 Å². The molecule has 2 aromatic heterocycles. The molecule has 2 aromatic rings. The van der Waals surface area contributed by atoms with Crippen molar-refractivity contribution in [3.8, 4) is 0 Å². The van der Waals surface area contributed by atoms with Gasteiger partial charge in [0.2, 0.25) is 0 Å². The van der Waals surface area contributed by atoms with Crippen LogP contribution in [0, 0.1) is 0 Å². The van der Waals surface area contributed by atoms with Gasteiger partial charge in [-0.15, -0.1) is 0 Å². The first-order chi connectivity index (χ1) is 9.56. The van der Waals surface area contributed by atoms with Crippen LogP contribution < -0.4 is 5.56 Å². The van der Waals surface area contributed by atoms with Crippen LogP contribution in [0.3, 0.4) is 0 Å². The smallest absolute Gasteiger partial charge is 0.269 e. The van der Waals surface area contributed by atoms with Gasteiger partial charge in [0.15, 0.2) is 0 Å². The number of nitrogens with zero attached hydrogens (tertiary/aromatic N) is 4. The highest BCUT2D eigenvalue weighted by Gasteiger charge is 2.11. The summed E-state index contributed by atoms with van der Waals surface area (Å²) in [6.45, 7) is 4.53. The third kappa shape index (κ3) is 3.04. The van der Waals surface area contributed by atoms with Crippen LogP contribution in [0.15, 0.2) is 23.3 Å². The Morgan fingerprint density at radius 1 is 1.30 bits per heavy atom. The summed E-state index contributed by atoms with van der Waals surface area (Å²) in [4.78, 5) is 11.9. The second-order valence-electron chi connectivity index (χ2n) is 4.53. The Labute approximate surface area is 127 Å². The Kier molecular flexibility index (Phi) is 4.83. The molecule has 20 heavy (non-hydrogen) atoms. The lowest BCUT2D eigenvalue weighted by atomic mass is 10.2. The van der Waals surface area contributed by atoms with Gasteiger partial charge in [0.1, 0.15) is 5.02 Å². The summed E-state index contributed by atoms with van der Waals surface area (Å²) in [6.07, 6.45) is 5.32. The summed E-state index contributed by atoms with van der Waals surface area (Å²) in [7, 11) is 0. The monoisotopic (exact) mass is 314 g/mol. The molecule has 0 amide bonds. The number of aromatic nitrogens is 4. The number of hydrogen-bond donors (Lipinski definition) is 0. The van der Waals surface area contributed by atoms with Gasteiger partial charge in [0.25, 0.3) is 5.56 Å². The zero-order valence-electron chi connectivity index (χ0n) is 11.4. The van der Waals surface area contributed by atoms with Crippen molar-refractivity contribution in [3.63, 3.8) is 0 Å². The number of hydrogen-bond acceptors (Lipinski definition) is 3. The van der Waals surface area contributed by atoms with Crippen molar-refractivity contribution >= 4 is 23.2 Å². The number of rotatable bonds is 5. The summed E-state index contributed by atoms with van der Waals surface area (Å²) >= 11 is 11.6. The third-order valence-electron chi connectivity index (χ3n) is 3.23. The zero-order valence-corrected chi connectivity index (χ0v) is 12.9. The lowest BCUT2D eigenvalue weighted by molar-refractivity contribution is 0.423. The average molecular weight is 315 g/mol. The molecule has 0 aliphatic rings. The van der Waals surface area contributed by atoms with Gasteiger partial charge in [-0.2, -0.15) is 10.2 Å². The molecular weight excluding hydrogens is 299 g/mol. The van der Waals surface area contributed by atoms with E-state index in [1.165, 1.54) is 10.9 Å². The molecule has 0 aromatic carbocycles. The topological polar surface area (TPSA) is 52.7 Å². The van der Waals surface area contributed by atoms with E-state index in [9.17, 15) is 4.79 Å². The SMILES string of the molecule is CCC(CC)n1ccc(Cn2ncc(Cl)c(Cl)c2=O)n1. The Morgan fingerprint density at radius 3 is 2.65 bits per heavy atom. The van der Waals surface area contributed by atoms with Crippen molar-refractivity contribution in [2.45, 2.75) is 39.3 Å². The predicted molar refractivity (Wildman–Crippen MR) is 79.5 cm³/mol. The third-order valence-corrected chi connectivity index (χ3v) is 3.98. The number of halogens is 2.